The highest BCUT2D eigenvalue weighted by molar-refractivity contribution is 5.26. The van der Waals surface area contributed by atoms with Crippen molar-refractivity contribution in [1.29, 1.82) is 0 Å². The number of alkyl halides is 3. The first-order valence-corrected chi connectivity index (χ1v) is 6.90. The molecule has 2 atom stereocenters. The van der Waals surface area contributed by atoms with E-state index >= 15 is 0 Å². The van der Waals surface area contributed by atoms with Gasteiger partial charge in [-0.1, -0.05) is 18.2 Å². The normalized spacial score (nSPS) is 21.1. The molecule has 0 amide bonds. The zero-order chi connectivity index (χ0) is 14.6. The van der Waals surface area contributed by atoms with Gasteiger partial charge in [-0.2, -0.15) is 13.2 Å². The molecule has 1 fully saturated rings. The highest BCUT2D eigenvalue weighted by Crippen LogP contribution is 2.30. The first-order valence-electron chi connectivity index (χ1n) is 6.90. The van der Waals surface area contributed by atoms with Crippen molar-refractivity contribution in [1.82, 2.24) is 5.32 Å². The largest absolute Gasteiger partial charge is 0.416 e. The first-order chi connectivity index (χ1) is 9.49. The van der Waals surface area contributed by atoms with Crippen molar-refractivity contribution in [2.75, 3.05) is 20.3 Å². The number of likely N-dealkylation sites (N-methyl/N-ethyl adjacent to an activating group) is 1. The summed E-state index contributed by atoms with van der Waals surface area (Å²) in [6.07, 6.45) is -1.69. The first kappa shape index (κ1) is 15.3. The second kappa shape index (κ2) is 6.59. The summed E-state index contributed by atoms with van der Waals surface area (Å²) in [5.41, 5.74) is 0.146. The Kier molecular flexibility index (Phi) is 5.05. The second-order valence-corrected chi connectivity index (χ2v) is 5.35. The number of rotatable bonds is 5. The summed E-state index contributed by atoms with van der Waals surface area (Å²) in [5.74, 6) is 0.512. The molecule has 0 bridgehead atoms. The molecule has 2 nitrogen and oxygen atoms in total. The van der Waals surface area contributed by atoms with Gasteiger partial charge in [-0.3, -0.25) is 0 Å². The topological polar surface area (TPSA) is 21.3 Å². The van der Waals surface area contributed by atoms with E-state index in [-0.39, 0.29) is 6.04 Å². The number of hydrogen-bond donors (Lipinski definition) is 1. The molecule has 20 heavy (non-hydrogen) atoms. The van der Waals surface area contributed by atoms with Crippen molar-refractivity contribution in [2.45, 2.75) is 31.5 Å². The van der Waals surface area contributed by atoms with Gasteiger partial charge in [-0.25, -0.2) is 0 Å². The van der Waals surface area contributed by atoms with E-state index in [2.05, 4.69) is 5.32 Å². The number of ether oxygens (including phenoxy) is 1. The average Bonchev–Trinajstić information content (AvgIpc) is 2.90. The van der Waals surface area contributed by atoms with Gasteiger partial charge >= 0.3 is 6.18 Å². The molecule has 0 saturated carbocycles. The molecule has 5 heteroatoms. The van der Waals surface area contributed by atoms with Gasteiger partial charge in [0.1, 0.15) is 0 Å². The standard InChI is InChI=1S/C15H20F3NO/c1-19-14(9-12-5-6-20-10-12)8-11-3-2-4-13(7-11)15(16,17)18/h2-4,7,12,14,19H,5-6,8-10H2,1H3. The van der Waals surface area contributed by atoms with Crippen molar-refractivity contribution >= 4 is 0 Å². The zero-order valence-corrected chi connectivity index (χ0v) is 11.5. The van der Waals surface area contributed by atoms with Gasteiger partial charge in [0.05, 0.1) is 5.56 Å². The van der Waals surface area contributed by atoms with Crippen LogP contribution in [0.1, 0.15) is 24.0 Å². The summed E-state index contributed by atoms with van der Waals surface area (Å²) >= 11 is 0. The second-order valence-electron chi connectivity index (χ2n) is 5.35. The van der Waals surface area contributed by atoms with Crippen LogP contribution in [-0.2, 0) is 17.3 Å². The average molecular weight is 287 g/mol. The van der Waals surface area contributed by atoms with Gasteiger partial charge in [0.2, 0.25) is 0 Å². The maximum atomic E-state index is 12.7. The molecule has 1 aliphatic rings. The minimum atomic E-state index is -4.27. The summed E-state index contributed by atoms with van der Waals surface area (Å²) in [6, 6.07) is 5.78. The molecule has 1 saturated heterocycles. The van der Waals surface area contributed by atoms with E-state index in [1.165, 1.54) is 12.1 Å². The molecular formula is C15H20F3NO. The van der Waals surface area contributed by atoms with E-state index in [1.807, 2.05) is 7.05 Å². The third kappa shape index (κ3) is 4.21. The fraction of sp³-hybridized carbons (Fsp3) is 0.600. The Morgan fingerprint density at radius 3 is 2.80 bits per heavy atom. The van der Waals surface area contributed by atoms with E-state index in [9.17, 15) is 13.2 Å². The fourth-order valence-corrected chi connectivity index (χ4v) is 2.63. The van der Waals surface area contributed by atoms with E-state index < -0.39 is 11.7 Å². The molecule has 1 N–H and O–H groups in total. The van der Waals surface area contributed by atoms with Crippen LogP contribution in [0.15, 0.2) is 24.3 Å². The lowest BCUT2D eigenvalue weighted by Crippen LogP contribution is -2.30. The minimum absolute atomic E-state index is 0.185. The molecule has 1 aromatic rings. The smallest absolute Gasteiger partial charge is 0.381 e. The van der Waals surface area contributed by atoms with Crippen molar-refractivity contribution in [2.24, 2.45) is 5.92 Å². The number of hydrogen-bond acceptors (Lipinski definition) is 2. The minimum Gasteiger partial charge on any atom is -0.381 e. The predicted molar refractivity (Wildman–Crippen MR) is 71.5 cm³/mol. The van der Waals surface area contributed by atoms with Gasteiger partial charge in [0.15, 0.2) is 0 Å². The van der Waals surface area contributed by atoms with E-state index in [0.29, 0.717) is 12.3 Å². The molecule has 112 valence electrons. The van der Waals surface area contributed by atoms with Gasteiger partial charge < -0.3 is 10.1 Å². The highest BCUT2D eigenvalue weighted by atomic mass is 19.4. The Bertz CT molecular complexity index is 427. The van der Waals surface area contributed by atoms with Crippen molar-refractivity contribution < 1.29 is 17.9 Å². The lowest BCUT2D eigenvalue weighted by atomic mass is 9.94. The molecule has 0 spiro atoms. The van der Waals surface area contributed by atoms with E-state index in [1.54, 1.807) is 6.07 Å². The van der Waals surface area contributed by atoms with E-state index in [4.69, 9.17) is 4.74 Å². The Balaban J connectivity index is 1.99. The van der Waals surface area contributed by atoms with Crippen LogP contribution in [0.3, 0.4) is 0 Å². The fourth-order valence-electron chi connectivity index (χ4n) is 2.63. The number of halogens is 3. The molecule has 0 radical (unpaired) electrons. The SMILES string of the molecule is CNC(Cc1cccc(C(F)(F)F)c1)CC1CCOC1. The Hall–Kier alpha value is -1.07. The number of nitrogens with one attached hydrogen (secondary N) is 1. The van der Waals surface area contributed by atoms with Gasteiger partial charge in [-0.15, -0.1) is 0 Å². The third-order valence-corrected chi connectivity index (χ3v) is 3.79. The van der Waals surface area contributed by atoms with Crippen LogP contribution < -0.4 is 5.32 Å². The Morgan fingerprint density at radius 1 is 1.40 bits per heavy atom. The molecular weight excluding hydrogens is 267 g/mol. The molecule has 1 heterocycles. The van der Waals surface area contributed by atoms with Gasteiger partial charge in [0.25, 0.3) is 0 Å². The molecule has 0 aromatic heterocycles. The summed E-state index contributed by atoms with van der Waals surface area (Å²) in [7, 11) is 1.86. The number of benzene rings is 1. The van der Waals surface area contributed by atoms with Crippen LogP contribution in [0.4, 0.5) is 13.2 Å². The Morgan fingerprint density at radius 2 is 2.20 bits per heavy atom. The van der Waals surface area contributed by atoms with Crippen molar-refractivity contribution in [3.8, 4) is 0 Å². The van der Waals surface area contributed by atoms with Gasteiger partial charge in [0, 0.05) is 19.3 Å². The van der Waals surface area contributed by atoms with Crippen LogP contribution in [0.5, 0.6) is 0 Å². The highest BCUT2D eigenvalue weighted by Gasteiger charge is 2.30. The van der Waals surface area contributed by atoms with Gasteiger partial charge in [-0.05, 0) is 43.9 Å². The Labute approximate surface area is 117 Å². The van der Waals surface area contributed by atoms with Crippen LogP contribution in [0, 0.1) is 5.92 Å². The monoisotopic (exact) mass is 287 g/mol. The van der Waals surface area contributed by atoms with Crippen molar-refractivity contribution in [3.63, 3.8) is 0 Å². The predicted octanol–water partition coefficient (Wildman–Crippen LogP) is 3.26. The lowest BCUT2D eigenvalue weighted by Gasteiger charge is -2.20. The maximum absolute atomic E-state index is 12.7. The van der Waals surface area contributed by atoms with Crippen LogP contribution in [-0.4, -0.2) is 26.3 Å². The van der Waals surface area contributed by atoms with Crippen molar-refractivity contribution in [3.05, 3.63) is 35.4 Å². The summed E-state index contributed by atoms with van der Waals surface area (Å²) in [6.45, 7) is 1.56. The molecule has 2 rings (SSSR count). The third-order valence-electron chi connectivity index (χ3n) is 3.79. The molecule has 0 aliphatic carbocycles. The molecule has 1 aliphatic heterocycles. The van der Waals surface area contributed by atoms with Crippen LogP contribution >= 0.6 is 0 Å². The quantitative estimate of drug-likeness (QED) is 0.897. The van der Waals surface area contributed by atoms with Crippen LogP contribution in [0.2, 0.25) is 0 Å². The summed E-state index contributed by atoms with van der Waals surface area (Å²) < 4.78 is 43.4. The summed E-state index contributed by atoms with van der Waals surface area (Å²) in [5, 5.41) is 3.20. The molecule has 2 unspecified atom stereocenters. The lowest BCUT2D eigenvalue weighted by molar-refractivity contribution is -0.137. The molecule has 1 aromatic carbocycles. The van der Waals surface area contributed by atoms with Crippen LogP contribution in [0.25, 0.3) is 0 Å². The summed E-state index contributed by atoms with van der Waals surface area (Å²) in [4.78, 5) is 0. The maximum Gasteiger partial charge on any atom is 0.416 e. The van der Waals surface area contributed by atoms with E-state index in [0.717, 1.165) is 37.7 Å². The zero-order valence-electron chi connectivity index (χ0n) is 11.5.